The Hall–Kier alpha value is -2.76. The Bertz CT molecular complexity index is 915. The molecule has 0 bridgehead atoms. The van der Waals surface area contributed by atoms with E-state index in [1.165, 1.54) is 0 Å². The number of hydrogen-bond acceptors (Lipinski definition) is 3. The second kappa shape index (κ2) is 10.5. The predicted molar refractivity (Wildman–Crippen MR) is 123 cm³/mol. The van der Waals surface area contributed by atoms with Gasteiger partial charge in [0.25, 0.3) is 5.91 Å². The van der Waals surface area contributed by atoms with E-state index in [-0.39, 0.29) is 5.91 Å². The molecule has 0 saturated carbocycles. The van der Waals surface area contributed by atoms with Gasteiger partial charge in [-0.05, 0) is 50.3 Å². The summed E-state index contributed by atoms with van der Waals surface area (Å²) in [5.74, 6) is 0.640. The second-order valence-corrected chi connectivity index (χ2v) is 8.32. The summed E-state index contributed by atoms with van der Waals surface area (Å²) in [6, 6.07) is 7.83. The van der Waals surface area contributed by atoms with Crippen LogP contribution in [-0.2, 0) is 17.8 Å². The first-order chi connectivity index (χ1) is 15.0. The van der Waals surface area contributed by atoms with E-state index in [2.05, 4.69) is 11.5 Å². The number of carbonyl (C=O) groups is 2. The lowest BCUT2D eigenvalue weighted by Gasteiger charge is -2.18. The fraction of sp³-hybridized carbons (Fsp3) is 0.520. The number of unbranched alkanes of at least 4 members (excludes halogenated alkanes) is 2. The van der Waals surface area contributed by atoms with E-state index < -0.39 is 5.91 Å². The van der Waals surface area contributed by atoms with Gasteiger partial charge in [-0.3, -0.25) is 9.59 Å². The van der Waals surface area contributed by atoms with E-state index >= 15 is 0 Å². The zero-order chi connectivity index (χ0) is 22.4. The molecule has 0 spiro atoms. The second-order valence-electron chi connectivity index (χ2n) is 8.32. The fourth-order valence-electron chi connectivity index (χ4n) is 4.63. The van der Waals surface area contributed by atoms with Crippen LogP contribution < -0.4 is 10.5 Å². The minimum atomic E-state index is -0.395. The van der Waals surface area contributed by atoms with Crippen LogP contribution >= 0.6 is 0 Å². The zero-order valence-corrected chi connectivity index (χ0v) is 19.1. The maximum Gasteiger partial charge on any atom is 0.251 e. The quantitative estimate of drug-likeness (QED) is 0.545. The molecule has 3 rings (SSSR count). The molecular formula is C25H35N3O3. The molecule has 0 unspecified atom stereocenters. The van der Waals surface area contributed by atoms with Crippen molar-refractivity contribution in [1.29, 1.82) is 0 Å². The van der Waals surface area contributed by atoms with Gasteiger partial charge < -0.3 is 19.9 Å². The van der Waals surface area contributed by atoms with Crippen LogP contribution in [0.3, 0.4) is 0 Å². The minimum absolute atomic E-state index is 0.254. The monoisotopic (exact) mass is 425 g/mol. The van der Waals surface area contributed by atoms with Crippen LogP contribution in [0.5, 0.6) is 5.75 Å². The molecule has 168 valence electrons. The number of nitrogens with two attached hydrogens (primary N) is 1. The normalized spacial score (nSPS) is 13.8. The summed E-state index contributed by atoms with van der Waals surface area (Å²) in [6.07, 6.45) is 6.72. The third kappa shape index (κ3) is 5.12. The Labute approximate surface area is 185 Å². The van der Waals surface area contributed by atoms with Gasteiger partial charge in [0.2, 0.25) is 5.91 Å². The van der Waals surface area contributed by atoms with E-state index in [4.69, 9.17) is 10.5 Å². The molecule has 1 saturated heterocycles. The maximum atomic E-state index is 12.5. The van der Waals surface area contributed by atoms with Gasteiger partial charge in [0.1, 0.15) is 5.75 Å². The first-order valence-corrected chi connectivity index (χ1v) is 11.4. The summed E-state index contributed by atoms with van der Waals surface area (Å²) in [7, 11) is 1.64. The van der Waals surface area contributed by atoms with Crippen molar-refractivity contribution in [1.82, 2.24) is 9.47 Å². The van der Waals surface area contributed by atoms with Crippen LogP contribution in [0.4, 0.5) is 0 Å². The molecule has 6 heteroatoms. The molecule has 6 nitrogen and oxygen atoms in total. The standard InChI is InChI=1S/C25H35N3O3/c1-4-5-6-9-21-24(19-11-13-20(31-3)14-12-19)23(25(26)30)18(2)28(21)17-8-16-27-15-7-10-22(27)29/h11-14H,4-10,15-17H2,1-3H3,(H2,26,30). The van der Waals surface area contributed by atoms with E-state index in [1.807, 2.05) is 36.1 Å². The third-order valence-electron chi connectivity index (χ3n) is 6.25. The Morgan fingerprint density at radius 3 is 2.45 bits per heavy atom. The number of amides is 2. The summed E-state index contributed by atoms with van der Waals surface area (Å²) in [5, 5.41) is 0. The SMILES string of the molecule is CCCCCc1c(-c2ccc(OC)cc2)c(C(N)=O)c(C)n1CCCN1CCCC1=O. The maximum absolute atomic E-state index is 12.5. The molecule has 2 heterocycles. The van der Waals surface area contributed by atoms with Crippen molar-refractivity contribution in [2.75, 3.05) is 20.2 Å². The Balaban J connectivity index is 1.96. The summed E-state index contributed by atoms with van der Waals surface area (Å²) >= 11 is 0. The van der Waals surface area contributed by atoms with Gasteiger partial charge in [-0.25, -0.2) is 0 Å². The van der Waals surface area contributed by atoms with Crippen LogP contribution in [0.1, 0.15) is 67.2 Å². The van der Waals surface area contributed by atoms with Crippen molar-refractivity contribution < 1.29 is 14.3 Å². The largest absolute Gasteiger partial charge is 0.497 e. The first-order valence-electron chi connectivity index (χ1n) is 11.4. The molecular weight excluding hydrogens is 390 g/mol. The van der Waals surface area contributed by atoms with E-state index in [1.54, 1.807) is 7.11 Å². The van der Waals surface area contributed by atoms with Crippen molar-refractivity contribution in [3.05, 3.63) is 41.2 Å². The van der Waals surface area contributed by atoms with Crippen LogP contribution in [-0.4, -0.2) is 41.5 Å². The molecule has 1 aromatic heterocycles. The molecule has 2 amide bonds. The highest BCUT2D eigenvalue weighted by Crippen LogP contribution is 2.35. The molecule has 1 fully saturated rings. The van der Waals surface area contributed by atoms with Gasteiger partial charge in [0, 0.05) is 43.0 Å². The van der Waals surface area contributed by atoms with Crippen LogP contribution in [0.25, 0.3) is 11.1 Å². The van der Waals surface area contributed by atoms with Gasteiger partial charge in [0.05, 0.1) is 12.7 Å². The highest BCUT2D eigenvalue weighted by molar-refractivity contribution is 6.02. The van der Waals surface area contributed by atoms with Crippen molar-refractivity contribution in [3.8, 4) is 16.9 Å². The molecule has 2 aromatic rings. The van der Waals surface area contributed by atoms with E-state index in [9.17, 15) is 9.59 Å². The third-order valence-corrected chi connectivity index (χ3v) is 6.25. The number of ether oxygens (including phenoxy) is 1. The number of hydrogen-bond donors (Lipinski definition) is 1. The molecule has 1 aliphatic rings. The van der Waals surface area contributed by atoms with E-state index in [0.717, 1.165) is 86.4 Å². The Morgan fingerprint density at radius 2 is 1.87 bits per heavy atom. The predicted octanol–water partition coefficient (Wildman–Crippen LogP) is 4.32. The number of primary amides is 1. The number of likely N-dealkylation sites (tertiary alicyclic amines) is 1. The Morgan fingerprint density at radius 1 is 1.13 bits per heavy atom. The molecule has 2 N–H and O–H groups in total. The molecule has 0 radical (unpaired) electrons. The van der Waals surface area contributed by atoms with Crippen molar-refractivity contribution in [3.63, 3.8) is 0 Å². The number of rotatable bonds is 11. The highest BCUT2D eigenvalue weighted by atomic mass is 16.5. The summed E-state index contributed by atoms with van der Waals surface area (Å²) in [4.78, 5) is 26.4. The highest BCUT2D eigenvalue weighted by Gasteiger charge is 2.25. The van der Waals surface area contributed by atoms with Gasteiger partial charge in [0.15, 0.2) is 0 Å². The lowest BCUT2D eigenvalue weighted by atomic mass is 9.97. The first kappa shape index (κ1) is 22.9. The number of benzene rings is 1. The summed E-state index contributed by atoms with van der Waals surface area (Å²) in [5.41, 5.74) is 10.5. The van der Waals surface area contributed by atoms with Crippen LogP contribution in [0, 0.1) is 6.92 Å². The van der Waals surface area contributed by atoms with Crippen molar-refractivity contribution >= 4 is 11.8 Å². The van der Waals surface area contributed by atoms with Gasteiger partial charge >= 0.3 is 0 Å². The molecule has 1 aromatic carbocycles. The summed E-state index contributed by atoms with van der Waals surface area (Å²) < 4.78 is 7.56. The average Bonchev–Trinajstić information content (AvgIpc) is 3.29. The fourth-order valence-corrected chi connectivity index (χ4v) is 4.63. The summed E-state index contributed by atoms with van der Waals surface area (Å²) in [6.45, 7) is 6.56. The number of nitrogens with zero attached hydrogens (tertiary/aromatic N) is 2. The van der Waals surface area contributed by atoms with Crippen LogP contribution in [0.2, 0.25) is 0 Å². The Kier molecular flexibility index (Phi) is 7.77. The molecule has 1 aliphatic heterocycles. The number of methoxy groups -OCH3 is 1. The number of carbonyl (C=O) groups excluding carboxylic acids is 2. The lowest BCUT2D eigenvalue weighted by Crippen LogP contribution is -2.26. The van der Waals surface area contributed by atoms with Crippen molar-refractivity contribution in [2.24, 2.45) is 5.73 Å². The zero-order valence-electron chi connectivity index (χ0n) is 19.1. The van der Waals surface area contributed by atoms with Gasteiger partial charge in [-0.15, -0.1) is 0 Å². The smallest absolute Gasteiger partial charge is 0.251 e. The van der Waals surface area contributed by atoms with Crippen LogP contribution in [0.15, 0.2) is 24.3 Å². The molecule has 0 atom stereocenters. The topological polar surface area (TPSA) is 77.6 Å². The minimum Gasteiger partial charge on any atom is -0.497 e. The molecule has 31 heavy (non-hydrogen) atoms. The average molecular weight is 426 g/mol. The lowest BCUT2D eigenvalue weighted by molar-refractivity contribution is -0.127. The van der Waals surface area contributed by atoms with E-state index in [0.29, 0.717) is 12.0 Å². The van der Waals surface area contributed by atoms with Gasteiger partial charge in [-0.2, -0.15) is 0 Å². The van der Waals surface area contributed by atoms with Gasteiger partial charge in [-0.1, -0.05) is 31.9 Å². The number of aromatic nitrogens is 1. The molecule has 0 aliphatic carbocycles. The van der Waals surface area contributed by atoms with Crippen molar-refractivity contribution in [2.45, 2.75) is 65.3 Å².